The number of benzene rings is 1. The van der Waals surface area contributed by atoms with Gasteiger partial charge in [-0.2, -0.15) is 37.0 Å². The van der Waals surface area contributed by atoms with Crippen molar-refractivity contribution >= 4 is 102 Å². The molecule has 404 valence electrons. The smallest absolute Gasteiger partial charge is 0.326 e. The molecule has 0 saturated heterocycles. The highest BCUT2D eigenvalue weighted by molar-refractivity contribution is 7.98. The molecule has 27 heteroatoms. The van der Waals surface area contributed by atoms with Gasteiger partial charge in [0.25, 0.3) is 0 Å². The molecule has 10 atom stereocenters. The zero-order chi connectivity index (χ0) is 54.7. The molecular weight excluding hydrogens is 997 g/mol. The number of thioether (sulfide) groups is 1. The summed E-state index contributed by atoms with van der Waals surface area (Å²) in [6, 6.07) is -2.68. The number of amides is 8. The van der Waals surface area contributed by atoms with Crippen molar-refractivity contribution in [3.63, 3.8) is 0 Å². The van der Waals surface area contributed by atoms with Gasteiger partial charge < -0.3 is 69.9 Å². The summed E-state index contributed by atoms with van der Waals surface area (Å²) in [5.41, 5.74) is 17.7. The summed E-state index contributed by atoms with van der Waals surface area (Å²) in [4.78, 5) is 135. The third-order valence-corrected chi connectivity index (χ3v) is 12.5. The van der Waals surface area contributed by atoms with Crippen molar-refractivity contribution in [3.05, 3.63) is 35.9 Å². The molecule has 1 aromatic rings. The molecule has 0 unspecified atom stereocenters. The number of guanidine groups is 1. The Labute approximate surface area is 435 Å². The standard InChI is InChI=1S/C45H74N12O12S3/c1-7-24(4)35(44(68)69)57-40(64)28(14-11-18-49-45(47)48)53-43(67)34(23(2)3)56-36(60)25(5)50-41(65)31(21-70)55-38(62)29(15-16-33(58)59)51-39(63)30(17-19-72-6)52-42(66)32(22-71)54-37(61)27(46)20-26-12-9-8-10-13-26/h8-10,12-13,23-25,27-32,34-35,70-71H,7,11,14-22,46H2,1-6H3,(H,50,65)(H,51,63)(H,52,66)(H,53,67)(H,54,61)(H,55,62)(H,56,60)(H,57,64)(H,58,59)(H,68,69)(H4,47,48,49)/t24-,25-,27-,28-,29-,30-,31-,32-,34-,35-/m0/s1. The predicted molar refractivity (Wildman–Crippen MR) is 279 cm³/mol. The predicted octanol–water partition coefficient (Wildman–Crippen LogP) is -2.23. The van der Waals surface area contributed by atoms with Crippen molar-refractivity contribution < 1.29 is 58.2 Å². The van der Waals surface area contributed by atoms with E-state index in [4.69, 9.17) is 17.2 Å². The van der Waals surface area contributed by atoms with Crippen molar-refractivity contribution in [2.24, 2.45) is 34.0 Å². The Balaban J connectivity index is 3.17. The molecule has 0 bridgehead atoms. The number of carbonyl (C=O) groups is 10. The fourth-order valence-electron chi connectivity index (χ4n) is 6.65. The second-order valence-corrected chi connectivity index (χ2v) is 19.0. The maximum absolute atomic E-state index is 13.7. The molecule has 0 radical (unpaired) electrons. The molecule has 72 heavy (non-hydrogen) atoms. The van der Waals surface area contributed by atoms with Gasteiger partial charge in [0.15, 0.2) is 5.96 Å². The summed E-state index contributed by atoms with van der Waals surface area (Å²) in [6.07, 6.45) is 1.58. The highest BCUT2D eigenvalue weighted by atomic mass is 32.2. The summed E-state index contributed by atoms with van der Waals surface area (Å²) in [6.45, 7) is 8.01. The number of carboxylic acid groups (broad SMARTS) is 2. The molecule has 0 spiro atoms. The summed E-state index contributed by atoms with van der Waals surface area (Å²) < 4.78 is 0. The Morgan fingerprint density at radius 1 is 0.625 bits per heavy atom. The lowest BCUT2D eigenvalue weighted by Gasteiger charge is -2.28. The monoisotopic (exact) mass is 1070 g/mol. The van der Waals surface area contributed by atoms with E-state index in [1.54, 1.807) is 58.2 Å². The van der Waals surface area contributed by atoms with Crippen molar-refractivity contribution in [1.29, 1.82) is 0 Å². The Morgan fingerprint density at radius 3 is 1.60 bits per heavy atom. The van der Waals surface area contributed by atoms with E-state index < -0.39 is 138 Å². The van der Waals surface area contributed by atoms with Crippen molar-refractivity contribution in [2.75, 3.05) is 30.1 Å². The Morgan fingerprint density at radius 2 is 1.10 bits per heavy atom. The zero-order valence-corrected chi connectivity index (χ0v) is 44.1. The number of nitrogens with two attached hydrogens (primary N) is 3. The lowest BCUT2D eigenvalue weighted by Crippen LogP contribution is -2.61. The fourth-order valence-corrected chi connectivity index (χ4v) is 7.63. The molecular formula is C45H74N12O12S3. The normalized spacial score (nSPS) is 15.2. The number of nitrogens with zero attached hydrogens (tertiary/aromatic N) is 1. The molecule has 8 amide bonds. The van der Waals surface area contributed by atoms with Gasteiger partial charge in [-0.1, -0.05) is 64.4 Å². The van der Waals surface area contributed by atoms with Crippen molar-refractivity contribution in [1.82, 2.24) is 42.5 Å². The van der Waals surface area contributed by atoms with Crippen molar-refractivity contribution in [3.8, 4) is 0 Å². The van der Waals surface area contributed by atoms with Gasteiger partial charge in [0, 0.05) is 24.5 Å². The van der Waals surface area contributed by atoms with Gasteiger partial charge in [-0.3, -0.25) is 48.1 Å². The van der Waals surface area contributed by atoms with Gasteiger partial charge in [-0.05, 0) is 68.4 Å². The fraction of sp³-hybridized carbons (Fsp3) is 0.622. The SMILES string of the molecule is CC[C@H](C)[C@H](NC(=O)[C@H](CCCN=C(N)N)NC(=O)[C@@H](NC(=O)[C@H](C)NC(=O)[C@H](CS)NC(=O)[C@H](CCC(=O)O)NC(=O)[C@H](CCSC)NC(=O)[C@H](CS)NC(=O)[C@@H](N)Cc1ccccc1)C(C)C)C(=O)O. The minimum Gasteiger partial charge on any atom is -0.481 e. The summed E-state index contributed by atoms with van der Waals surface area (Å²) in [5.74, 6) is -10.6. The van der Waals surface area contributed by atoms with E-state index in [0.29, 0.717) is 12.2 Å². The summed E-state index contributed by atoms with van der Waals surface area (Å²) >= 11 is 9.73. The van der Waals surface area contributed by atoms with E-state index in [1.165, 1.54) is 18.7 Å². The van der Waals surface area contributed by atoms with E-state index in [2.05, 4.69) is 72.8 Å². The number of aliphatic carboxylic acids is 2. The number of aliphatic imine (C=N–C) groups is 1. The number of thiol groups is 2. The molecule has 0 aromatic heterocycles. The van der Waals surface area contributed by atoms with Gasteiger partial charge in [0.1, 0.15) is 48.3 Å². The minimum absolute atomic E-state index is 0.0108. The molecule has 24 nitrogen and oxygen atoms in total. The number of rotatable bonds is 34. The number of hydrogen-bond acceptors (Lipinski definition) is 15. The van der Waals surface area contributed by atoms with Gasteiger partial charge in [0.05, 0.1) is 6.04 Å². The topological polar surface area (TPSA) is 398 Å². The Kier molecular flexibility index (Phi) is 30.1. The van der Waals surface area contributed by atoms with E-state index in [0.717, 1.165) is 5.56 Å². The maximum atomic E-state index is 13.7. The summed E-state index contributed by atoms with van der Waals surface area (Å²) in [5, 5.41) is 39.3. The van der Waals surface area contributed by atoms with E-state index in [9.17, 15) is 58.2 Å². The van der Waals surface area contributed by atoms with Crippen LogP contribution < -0.4 is 59.7 Å². The number of carbonyl (C=O) groups excluding carboxylic acids is 8. The molecule has 1 aromatic carbocycles. The van der Waals surface area contributed by atoms with E-state index in [-0.39, 0.29) is 49.7 Å². The molecule has 16 N–H and O–H groups in total. The third kappa shape index (κ3) is 23.6. The van der Waals surface area contributed by atoms with Gasteiger partial charge >= 0.3 is 11.9 Å². The number of nitrogens with one attached hydrogen (secondary N) is 8. The Hall–Kier alpha value is -5.80. The van der Waals surface area contributed by atoms with Gasteiger partial charge in [-0.25, -0.2) is 4.79 Å². The van der Waals surface area contributed by atoms with Crippen LogP contribution in [0.5, 0.6) is 0 Å². The third-order valence-electron chi connectivity index (χ3n) is 11.1. The first-order valence-corrected chi connectivity index (χ1v) is 26.0. The maximum Gasteiger partial charge on any atom is 0.326 e. The molecule has 1 rings (SSSR count). The number of hydrogen-bond donors (Lipinski definition) is 15. The van der Waals surface area contributed by atoms with E-state index in [1.807, 2.05) is 6.07 Å². The quantitative estimate of drug-likeness (QED) is 0.0150. The van der Waals surface area contributed by atoms with Crippen LogP contribution in [0.2, 0.25) is 0 Å². The van der Waals surface area contributed by atoms with Crippen LogP contribution in [0.3, 0.4) is 0 Å². The molecule has 0 saturated carbocycles. The molecule has 0 heterocycles. The lowest BCUT2D eigenvalue weighted by molar-refractivity contribution is -0.144. The van der Waals surface area contributed by atoms with Gasteiger partial charge in [-0.15, -0.1) is 0 Å². The van der Waals surface area contributed by atoms with E-state index >= 15 is 0 Å². The second-order valence-electron chi connectivity index (χ2n) is 17.3. The van der Waals surface area contributed by atoms with Crippen LogP contribution in [0.4, 0.5) is 0 Å². The Bertz CT molecular complexity index is 2020. The van der Waals surface area contributed by atoms with Crippen LogP contribution in [0, 0.1) is 11.8 Å². The average molecular weight is 1070 g/mol. The lowest BCUT2D eigenvalue weighted by atomic mass is 9.98. The molecule has 0 aliphatic heterocycles. The van der Waals surface area contributed by atoms with Crippen LogP contribution in [-0.4, -0.2) is 160 Å². The average Bonchev–Trinajstić information content (AvgIpc) is 3.33. The molecule has 0 aliphatic carbocycles. The largest absolute Gasteiger partial charge is 0.481 e. The highest BCUT2D eigenvalue weighted by Crippen LogP contribution is 2.12. The van der Waals surface area contributed by atoms with Crippen LogP contribution in [0.15, 0.2) is 35.3 Å². The molecule has 0 fully saturated rings. The van der Waals surface area contributed by atoms with Crippen LogP contribution in [0.25, 0.3) is 0 Å². The second kappa shape index (κ2) is 33.8. The summed E-state index contributed by atoms with van der Waals surface area (Å²) in [7, 11) is 0. The zero-order valence-electron chi connectivity index (χ0n) is 41.5. The molecule has 0 aliphatic rings. The first kappa shape index (κ1) is 64.2. The first-order chi connectivity index (χ1) is 33.9. The highest BCUT2D eigenvalue weighted by Gasteiger charge is 2.35. The van der Waals surface area contributed by atoms with Crippen LogP contribution >= 0.6 is 37.0 Å². The first-order valence-electron chi connectivity index (χ1n) is 23.3. The van der Waals surface area contributed by atoms with Crippen LogP contribution in [0.1, 0.15) is 78.7 Å². The number of carboxylic acids is 2. The van der Waals surface area contributed by atoms with Crippen LogP contribution in [-0.2, 0) is 54.4 Å². The minimum atomic E-state index is -1.55. The van der Waals surface area contributed by atoms with Crippen molar-refractivity contribution in [2.45, 2.75) is 134 Å². The van der Waals surface area contributed by atoms with Gasteiger partial charge in [0.2, 0.25) is 47.3 Å².